The van der Waals surface area contributed by atoms with Crippen LogP contribution >= 0.6 is 15.9 Å². The highest BCUT2D eigenvalue weighted by molar-refractivity contribution is 9.10. The molecular formula is C14H11BrO4S. The summed E-state index contributed by atoms with van der Waals surface area (Å²) in [5.41, 5.74) is 0.387. The van der Waals surface area contributed by atoms with Crippen molar-refractivity contribution in [2.75, 3.05) is 6.26 Å². The third kappa shape index (κ3) is 3.46. The van der Waals surface area contributed by atoms with E-state index in [1.807, 2.05) is 0 Å². The van der Waals surface area contributed by atoms with E-state index in [2.05, 4.69) is 15.9 Å². The van der Waals surface area contributed by atoms with Crippen LogP contribution in [0.4, 0.5) is 0 Å². The lowest BCUT2D eigenvalue weighted by Gasteiger charge is -2.09. The first-order valence-corrected chi connectivity index (χ1v) is 8.31. The van der Waals surface area contributed by atoms with E-state index in [4.69, 9.17) is 4.74 Å². The maximum atomic E-state index is 11.5. The average molecular weight is 355 g/mol. The molecule has 2 rings (SSSR count). The van der Waals surface area contributed by atoms with Crippen LogP contribution in [0.5, 0.6) is 11.5 Å². The van der Waals surface area contributed by atoms with Gasteiger partial charge in [-0.05, 0) is 36.4 Å². The van der Waals surface area contributed by atoms with Gasteiger partial charge in [0, 0.05) is 10.7 Å². The Hall–Kier alpha value is -1.66. The number of carbonyl (C=O) groups is 1. The Morgan fingerprint density at radius 1 is 1.15 bits per heavy atom. The minimum absolute atomic E-state index is 0.164. The predicted octanol–water partition coefficient (Wildman–Crippen LogP) is 3.46. The summed E-state index contributed by atoms with van der Waals surface area (Å²) in [6, 6.07) is 11.1. The van der Waals surface area contributed by atoms with E-state index in [0.29, 0.717) is 23.3 Å². The van der Waals surface area contributed by atoms with Gasteiger partial charge in [-0.25, -0.2) is 8.42 Å². The van der Waals surface area contributed by atoms with E-state index >= 15 is 0 Å². The van der Waals surface area contributed by atoms with Crippen LogP contribution in [-0.4, -0.2) is 21.0 Å². The first-order chi connectivity index (χ1) is 9.40. The van der Waals surface area contributed by atoms with Crippen LogP contribution in [-0.2, 0) is 9.84 Å². The van der Waals surface area contributed by atoms with Gasteiger partial charge in [0.15, 0.2) is 16.1 Å². The Kier molecular flexibility index (Phi) is 4.25. The molecule has 0 unspecified atom stereocenters. The molecule has 0 saturated carbocycles. The molecule has 0 aliphatic rings. The van der Waals surface area contributed by atoms with Crippen molar-refractivity contribution >= 4 is 32.1 Å². The highest BCUT2D eigenvalue weighted by Crippen LogP contribution is 2.28. The van der Waals surface area contributed by atoms with Gasteiger partial charge in [0.1, 0.15) is 11.5 Å². The van der Waals surface area contributed by atoms with Gasteiger partial charge in [-0.15, -0.1) is 0 Å². The van der Waals surface area contributed by atoms with Crippen LogP contribution in [0.25, 0.3) is 0 Å². The van der Waals surface area contributed by atoms with Crippen molar-refractivity contribution < 1.29 is 17.9 Å². The van der Waals surface area contributed by atoms with Crippen LogP contribution in [0.15, 0.2) is 51.8 Å². The molecule has 0 saturated heterocycles. The Balaban J connectivity index is 2.40. The van der Waals surface area contributed by atoms with Gasteiger partial charge < -0.3 is 4.74 Å². The van der Waals surface area contributed by atoms with E-state index < -0.39 is 9.84 Å². The maximum Gasteiger partial charge on any atom is 0.175 e. The first kappa shape index (κ1) is 14.7. The zero-order valence-corrected chi connectivity index (χ0v) is 12.9. The fraction of sp³-hybridized carbons (Fsp3) is 0.0714. The topological polar surface area (TPSA) is 60.4 Å². The van der Waals surface area contributed by atoms with Gasteiger partial charge in [0.05, 0.1) is 10.5 Å². The van der Waals surface area contributed by atoms with Crippen LogP contribution in [0.2, 0.25) is 0 Å². The Morgan fingerprint density at radius 3 is 2.55 bits per heavy atom. The second-order valence-electron chi connectivity index (χ2n) is 4.15. The Bertz CT molecular complexity index is 754. The van der Waals surface area contributed by atoms with Crippen LogP contribution in [0, 0.1) is 0 Å². The highest BCUT2D eigenvalue weighted by atomic mass is 79.9. The molecule has 0 amide bonds. The summed E-state index contributed by atoms with van der Waals surface area (Å²) in [4.78, 5) is 11.1. The number of hydrogen-bond donors (Lipinski definition) is 0. The molecule has 0 bridgehead atoms. The SMILES string of the molecule is CS(=O)(=O)c1cccc(Oc2cc(Br)ccc2C=O)c1. The number of hydrogen-bond acceptors (Lipinski definition) is 4. The molecule has 0 aromatic heterocycles. The second kappa shape index (κ2) is 5.76. The molecule has 104 valence electrons. The standard InChI is InChI=1S/C14H11BrO4S/c1-20(17,18)13-4-2-3-12(8-13)19-14-7-11(15)6-5-10(14)9-16/h2-9H,1H3. The minimum Gasteiger partial charge on any atom is -0.457 e. The predicted molar refractivity (Wildman–Crippen MR) is 79.2 cm³/mol. The molecule has 0 aliphatic carbocycles. The van der Waals surface area contributed by atoms with Crippen molar-refractivity contribution in [2.24, 2.45) is 0 Å². The molecule has 0 radical (unpaired) electrons. The van der Waals surface area contributed by atoms with Crippen LogP contribution in [0.3, 0.4) is 0 Å². The smallest absolute Gasteiger partial charge is 0.175 e. The number of benzene rings is 2. The Labute approximate surface area is 125 Å². The highest BCUT2D eigenvalue weighted by Gasteiger charge is 2.10. The van der Waals surface area contributed by atoms with E-state index in [1.54, 1.807) is 30.3 Å². The molecule has 6 heteroatoms. The van der Waals surface area contributed by atoms with Crippen molar-refractivity contribution in [1.82, 2.24) is 0 Å². The molecule has 0 spiro atoms. The van der Waals surface area contributed by atoms with Crippen LogP contribution < -0.4 is 4.74 Å². The number of halogens is 1. The first-order valence-electron chi connectivity index (χ1n) is 5.63. The summed E-state index contributed by atoms with van der Waals surface area (Å²) in [6.07, 6.45) is 1.81. The summed E-state index contributed by atoms with van der Waals surface area (Å²) in [5, 5.41) is 0. The maximum absolute atomic E-state index is 11.5. The number of aldehydes is 1. The number of sulfone groups is 1. The van der Waals surface area contributed by atoms with Gasteiger partial charge in [0.25, 0.3) is 0 Å². The third-order valence-electron chi connectivity index (χ3n) is 2.56. The van der Waals surface area contributed by atoms with E-state index in [-0.39, 0.29) is 4.90 Å². The Morgan fingerprint density at radius 2 is 1.90 bits per heavy atom. The lowest BCUT2D eigenvalue weighted by molar-refractivity contribution is 0.112. The molecule has 0 fully saturated rings. The molecule has 20 heavy (non-hydrogen) atoms. The van der Waals surface area contributed by atoms with E-state index in [9.17, 15) is 13.2 Å². The quantitative estimate of drug-likeness (QED) is 0.788. The summed E-state index contributed by atoms with van der Waals surface area (Å²) in [6.45, 7) is 0. The monoisotopic (exact) mass is 354 g/mol. The summed E-state index contributed by atoms with van der Waals surface area (Å²) < 4.78 is 29.3. The summed E-state index contributed by atoms with van der Waals surface area (Å²) >= 11 is 3.29. The molecule has 0 heterocycles. The van der Waals surface area contributed by atoms with Gasteiger partial charge in [-0.3, -0.25) is 4.79 Å². The largest absolute Gasteiger partial charge is 0.457 e. The fourth-order valence-corrected chi connectivity index (χ4v) is 2.59. The van der Waals surface area contributed by atoms with Crippen molar-refractivity contribution in [3.63, 3.8) is 0 Å². The molecule has 2 aromatic carbocycles. The number of rotatable bonds is 4. The van der Waals surface area contributed by atoms with Crippen LogP contribution in [0.1, 0.15) is 10.4 Å². The van der Waals surface area contributed by atoms with Gasteiger partial charge in [-0.2, -0.15) is 0 Å². The molecule has 0 aliphatic heterocycles. The lowest BCUT2D eigenvalue weighted by Crippen LogP contribution is -1.97. The number of ether oxygens (including phenoxy) is 1. The van der Waals surface area contributed by atoms with Gasteiger partial charge in [0.2, 0.25) is 0 Å². The van der Waals surface area contributed by atoms with Gasteiger partial charge in [-0.1, -0.05) is 22.0 Å². The molecular weight excluding hydrogens is 344 g/mol. The average Bonchev–Trinajstić information content (AvgIpc) is 2.38. The normalized spacial score (nSPS) is 11.1. The van der Waals surface area contributed by atoms with E-state index in [1.165, 1.54) is 12.1 Å². The second-order valence-corrected chi connectivity index (χ2v) is 7.08. The zero-order chi connectivity index (χ0) is 14.8. The summed E-state index contributed by atoms with van der Waals surface area (Å²) in [7, 11) is -3.30. The summed E-state index contributed by atoms with van der Waals surface area (Å²) in [5.74, 6) is 0.717. The van der Waals surface area contributed by atoms with Crippen molar-refractivity contribution in [2.45, 2.75) is 4.90 Å². The molecule has 0 atom stereocenters. The lowest BCUT2D eigenvalue weighted by atomic mass is 10.2. The molecule has 0 N–H and O–H groups in total. The molecule has 2 aromatic rings. The van der Waals surface area contributed by atoms with Crippen molar-refractivity contribution in [3.8, 4) is 11.5 Å². The van der Waals surface area contributed by atoms with Crippen molar-refractivity contribution in [3.05, 3.63) is 52.5 Å². The van der Waals surface area contributed by atoms with Crippen molar-refractivity contribution in [1.29, 1.82) is 0 Å². The molecule has 4 nitrogen and oxygen atoms in total. The van der Waals surface area contributed by atoms with E-state index in [0.717, 1.165) is 10.7 Å². The fourth-order valence-electron chi connectivity index (χ4n) is 1.59. The minimum atomic E-state index is -3.30. The third-order valence-corrected chi connectivity index (χ3v) is 4.17. The van der Waals surface area contributed by atoms with Gasteiger partial charge >= 0.3 is 0 Å². The number of carbonyl (C=O) groups excluding carboxylic acids is 1. The zero-order valence-electron chi connectivity index (χ0n) is 10.5.